The first-order valence-corrected chi connectivity index (χ1v) is 8.79. The first kappa shape index (κ1) is 15.8. The highest BCUT2D eigenvalue weighted by Gasteiger charge is 2.11. The Kier molecular flexibility index (Phi) is 5.64. The Morgan fingerprint density at radius 2 is 2.11 bits per heavy atom. The van der Waals surface area contributed by atoms with E-state index >= 15 is 0 Å². The summed E-state index contributed by atoms with van der Waals surface area (Å²) < 4.78 is 33.1. The molecule has 1 amide bonds. The summed E-state index contributed by atoms with van der Waals surface area (Å²) in [5.74, 6) is 0.129. The summed E-state index contributed by atoms with van der Waals surface area (Å²) in [6.45, 7) is 0.387. The van der Waals surface area contributed by atoms with Gasteiger partial charge >= 0.3 is 0 Å². The molecule has 0 bridgehead atoms. The number of benzene rings is 1. The lowest BCUT2D eigenvalue weighted by Gasteiger charge is -2.05. The van der Waals surface area contributed by atoms with Crippen LogP contribution in [0.5, 0.6) is 0 Å². The molecule has 1 aromatic carbocycles. The summed E-state index contributed by atoms with van der Waals surface area (Å²) in [7, 11) is -4.70. The molecular weight excluding hydrogens is 288 g/mol. The maximum absolute atomic E-state index is 11.7. The van der Waals surface area contributed by atoms with Crippen molar-refractivity contribution in [3.8, 4) is 0 Å². The third-order valence-corrected chi connectivity index (χ3v) is 4.09. The summed E-state index contributed by atoms with van der Waals surface area (Å²) in [5, 5.41) is 7.61. The Hall–Kier alpha value is -1.25. The Morgan fingerprint density at radius 3 is 2.68 bits per heavy atom. The summed E-state index contributed by atoms with van der Waals surface area (Å²) in [6.07, 6.45) is 2.20. The fourth-order valence-electron chi connectivity index (χ4n) is 1.39. The molecule has 3 N–H and O–H groups in total. The monoisotopic (exact) mass is 304 g/mol. The second-order valence-corrected chi connectivity index (χ2v) is 7.08. The molecule has 0 saturated carbocycles. The minimum absolute atomic E-state index is 0.102. The molecule has 6 nitrogen and oxygen atoms in total. The van der Waals surface area contributed by atoms with Gasteiger partial charge in [0.05, 0.1) is 4.90 Å². The number of hydrogen-bond donors (Lipinski definition) is 2. The fraction of sp³-hybridized carbons (Fsp3) is 0.364. The molecule has 19 heavy (non-hydrogen) atoms. The van der Waals surface area contributed by atoms with Crippen LogP contribution in [0.4, 0.5) is 0 Å². The zero-order chi connectivity index (χ0) is 14.5. The van der Waals surface area contributed by atoms with Crippen LogP contribution in [0.25, 0.3) is 0 Å². The van der Waals surface area contributed by atoms with Gasteiger partial charge in [0.25, 0.3) is 5.91 Å². The van der Waals surface area contributed by atoms with Gasteiger partial charge in [-0.15, -0.1) is 0 Å². The Balaban J connectivity index is 2.65. The van der Waals surface area contributed by atoms with E-state index in [2.05, 4.69) is 5.32 Å². The highest BCUT2D eigenvalue weighted by molar-refractivity contribution is 7.89. The number of carbonyl (C=O) groups is 1. The van der Waals surface area contributed by atoms with Crippen molar-refractivity contribution in [1.82, 2.24) is 5.32 Å². The Labute approximate surface area is 114 Å². The Morgan fingerprint density at radius 1 is 1.42 bits per heavy atom. The molecule has 0 radical (unpaired) electrons. The summed E-state index contributed by atoms with van der Waals surface area (Å²) in [5.41, 5.74) is 0.226. The van der Waals surface area contributed by atoms with Crippen molar-refractivity contribution in [1.29, 1.82) is 0 Å². The molecule has 1 atom stereocenters. The van der Waals surface area contributed by atoms with Gasteiger partial charge < -0.3 is 5.32 Å². The summed E-state index contributed by atoms with van der Waals surface area (Å²) >= 11 is 0. The molecule has 0 aliphatic carbocycles. The van der Waals surface area contributed by atoms with Crippen molar-refractivity contribution < 1.29 is 17.4 Å². The van der Waals surface area contributed by atoms with E-state index in [1.165, 1.54) is 24.3 Å². The van der Waals surface area contributed by atoms with Crippen molar-refractivity contribution in [3.63, 3.8) is 0 Å². The van der Waals surface area contributed by atoms with E-state index in [0.717, 1.165) is 0 Å². The van der Waals surface area contributed by atoms with Crippen LogP contribution in [0, 0.1) is 0 Å². The number of amides is 1. The zero-order valence-electron chi connectivity index (χ0n) is 10.5. The molecule has 8 heteroatoms. The molecule has 1 rings (SSSR count). The third-order valence-electron chi connectivity index (χ3n) is 2.32. The van der Waals surface area contributed by atoms with Crippen LogP contribution in [0.15, 0.2) is 29.2 Å². The van der Waals surface area contributed by atoms with Crippen LogP contribution in [-0.2, 0) is 20.8 Å². The average Bonchev–Trinajstić information content (AvgIpc) is 2.33. The van der Waals surface area contributed by atoms with Gasteiger partial charge in [0, 0.05) is 34.9 Å². The van der Waals surface area contributed by atoms with E-state index < -0.39 is 20.8 Å². The number of hydrogen-bond acceptors (Lipinski definition) is 4. The van der Waals surface area contributed by atoms with Crippen LogP contribution in [0.1, 0.15) is 16.8 Å². The molecule has 0 aliphatic rings. The molecule has 0 saturated heterocycles. The van der Waals surface area contributed by atoms with Crippen LogP contribution in [-0.4, -0.2) is 37.1 Å². The predicted molar refractivity (Wildman–Crippen MR) is 73.7 cm³/mol. The quantitative estimate of drug-likeness (QED) is 0.712. The highest BCUT2D eigenvalue weighted by atomic mass is 32.2. The molecule has 1 unspecified atom stereocenters. The van der Waals surface area contributed by atoms with Gasteiger partial charge in [-0.25, -0.2) is 13.6 Å². The molecule has 0 aromatic heterocycles. The number of nitrogens with one attached hydrogen (secondary N) is 1. The average molecular weight is 304 g/mol. The number of nitrogens with two attached hydrogens (primary N) is 1. The van der Waals surface area contributed by atoms with Crippen LogP contribution < -0.4 is 10.5 Å². The SMILES string of the molecule is CS(=O)CCCNC(=O)c1cccc(S(N)(=O)=O)c1. The molecule has 106 valence electrons. The van der Waals surface area contributed by atoms with Crippen LogP contribution in [0.2, 0.25) is 0 Å². The second-order valence-electron chi connectivity index (χ2n) is 3.96. The fourth-order valence-corrected chi connectivity index (χ4v) is 2.50. The lowest BCUT2D eigenvalue weighted by atomic mass is 10.2. The summed E-state index contributed by atoms with van der Waals surface area (Å²) in [4.78, 5) is 11.6. The number of primary sulfonamides is 1. The maximum Gasteiger partial charge on any atom is 0.251 e. The largest absolute Gasteiger partial charge is 0.352 e. The highest BCUT2D eigenvalue weighted by Crippen LogP contribution is 2.09. The van der Waals surface area contributed by atoms with Crippen molar-refractivity contribution in [3.05, 3.63) is 29.8 Å². The normalized spacial score (nSPS) is 12.9. The van der Waals surface area contributed by atoms with Crippen molar-refractivity contribution in [2.24, 2.45) is 5.14 Å². The van der Waals surface area contributed by atoms with Gasteiger partial charge in [0.15, 0.2) is 0 Å². The lowest BCUT2D eigenvalue weighted by molar-refractivity contribution is 0.0953. The second kappa shape index (κ2) is 6.78. The van der Waals surface area contributed by atoms with E-state index in [4.69, 9.17) is 5.14 Å². The standard InChI is InChI=1S/C11H16N2O4S2/c1-18(15)7-3-6-13-11(14)9-4-2-5-10(8-9)19(12,16)17/h2,4-5,8H,3,6-7H2,1H3,(H,13,14)(H2,12,16,17). The van der Waals surface area contributed by atoms with E-state index in [0.29, 0.717) is 18.7 Å². The first-order chi connectivity index (χ1) is 8.80. The topological polar surface area (TPSA) is 106 Å². The lowest BCUT2D eigenvalue weighted by Crippen LogP contribution is -2.25. The maximum atomic E-state index is 11.7. The van der Waals surface area contributed by atoms with E-state index in [9.17, 15) is 17.4 Å². The van der Waals surface area contributed by atoms with Gasteiger partial charge in [0.2, 0.25) is 10.0 Å². The van der Waals surface area contributed by atoms with E-state index in [1.807, 2.05) is 0 Å². The van der Waals surface area contributed by atoms with Crippen molar-refractivity contribution in [2.45, 2.75) is 11.3 Å². The first-order valence-electron chi connectivity index (χ1n) is 5.52. The van der Waals surface area contributed by atoms with Gasteiger partial charge in [-0.3, -0.25) is 9.00 Å². The van der Waals surface area contributed by atoms with Gasteiger partial charge in [-0.1, -0.05) is 6.07 Å². The molecule has 0 fully saturated rings. The number of sulfonamides is 1. The van der Waals surface area contributed by atoms with Gasteiger partial charge in [-0.05, 0) is 24.6 Å². The number of rotatable bonds is 6. The molecule has 0 spiro atoms. The predicted octanol–water partition coefficient (Wildman–Crippen LogP) is -0.168. The minimum Gasteiger partial charge on any atom is -0.352 e. The molecule has 0 aliphatic heterocycles. The van der Waals surface area contributed by atoms with Crippen LogP contribution >= 0.6 is 0 Å². The Bertz CT molecular complexity index is 584. The van der Waals surface area contributed by atoms with E-state index in [-0.39, 0.29) is 16.4 Å². The smallest absolute Gasteiger partial charge is 0.251 e. The number of carbonyl (C=O) groups excluding carboxylic acids is 1. The minimum atomic E-state index is -3.82. The summed E-state index contributed by atoms with van der Waals surface area (Å²) in [6, 6.07) is 5.51. The third kappa shape index (κ3) is 5.50. The van der Waals surface area contributed by atoms with E-state index in [1.54, 1.807) is 6.26 Å². The zero-order valence-corrected chi connectivity index (χ0v) is 12.1. The molecule has 0 heterocycles. The van der Waals surface area contributed by atoms with Gasteiger partial charge in [0.1, 0.15) is 0 Å². The molecule has 1 aromatic rings. The van der Waals surface area contributed by atoms with Crippen molar-refractivity contribution >= 4 is 26.7 Å². The van der Waals surface area contributed by atoms with Gasteiger partial charge in [-0.2, -0.15) is 0 Å². The van der Waals surface area contributed by atoms with Crippen molar-refractivity contribution in [2.75, 3.05) is 18.6 Å². The molecular formula is C11H16N2O4S2. The van der Waals surface area contributed by atoms with Crippen LogP contribution in [0.3, 0.4) is 0 Å².